The van der Waals surface area contributed by atoms with Crippen LogP contribution < -0.4 is 10.5 Å². The topological polar surface area (TPSA) is 72.2 Å². The Morgan fingerprint density at radius 2 is 1.60 bits per heavy atom. The Bertz CT molecular complexity index is 716. The summed E-state index contributed by atoms with van der Waals surface area (Å²) in [6, 6.07) is 11.2. The van der Waals surface area contributed by atoms with Crippen LogP contribution >= 0.6 is 23.2 Å². The number of nitrogen functional groups attached to an aromatic ring is 1. The minimum Gasteiger partial charge on any atom is -0.398 e. The van der Waals surface area contributed by atoms with Crippen molar-refractivity contribution in [3.63, 3.8) is 0 Å². The molecule has 0 unspecified atom stereocenters. The summed E-state index contributed by atoms with van der Waals surface area (Å²) in [6.45, 7) is 0.144. The maximum absolute atomic E-state index is 12.2. The largest absolute Gasteiger partial charge is 0.398 e. The van der Waals surface area contributed by atoms with Crippen molar-refractivity contribution in [3.8, 4) is 0 Å². The number of hydrogen-bond donors (Lipinski definition) is 2. The molecule has 0 aliphatic rings. The van der Waals surface area contributed by atoms with Gasteiger partial charge >= 0.3 is 0 Å². The van der Waals surface area contributed by atoms with Crippen molar-refractivity contribution in [2.75, 3.05) is 5.73 Å². The van der Waals surface area contributed by atoms with Gasteiger partial charge in [-0.2, -0.15) is 0 Å². The van der Waals surface area contributed by atoms with Crippen molar-refractivity contribution in [3.05, 3.63) is 58.1 Å². The molecule has 3 N–H and O–H groups in total. The number of rotatable bonds is 4. The normalized spacial score (nSPS) is 11.5. The number of halogens is 2. The summed E-state index contributed by atoms with van der Waals surface area (Å²) in [7, 11) is -3.71. The summed E-state index contributed by atoms with van der Waals surface area (Å²) in [6.07, 6.45) is 0. The van der Waals surface area contributed by atoms with Crippen LogP contribution in [0, 0.1) is 0 Å². The van der Waals surface area contributed by atoms with Gasteiger partial charge < -0.3 is 5.73 Å². The first kappa shape index (κ1) is 15.1. The highest BCUT2D eigenvalue weighted by Crippen LogP contribution is 2.22. The van der Waals surface area contributed by atoms with Gasteiger partial charge in [0.2, 0.25) is 10.0 Å². The molecule has 20 heavy (non-hydrogen) atoms. The van der Waals surface area contributed by atoms with E-state index in [1.807, 2.05) is 0 Å². The molecule has 7 heteroatoms. The SMILES string of the molecule is Nc1ccc(Cl)cc1S(=O)(=O)NCc1ccc(Cl)cc1. The van der Waals surface area contributed by atoms with Crippen LogP contribution in [-0.4, -0.2) is 8.42 Å². The zero-order chi connectivity index (χ0) is 14.8. The first-order chi connectivity index (χ1) is 9.38. The predicted octanol–water partition coefficient (Wildman–Crippen LogP) is 3.05. The van der Waals surface area contributed by atoms with Crippen LogP contribution in [0.4, 0.5) is 5.69 Å². The fraction of sp³-hybridized carbons (Fsp3) is 0.0769. The molecule has 0 amide bonds. The van der Waals surface area contributed by atoms with Crippen LogP contribution in [0.1, 0.15) is 5.56 Å². The van der Waals surface area contributed by atoms with Gasteiger partial charge in [0.05, 0.1) is 5.69 Å². The van der Waals surface area contributed by atoms with E-state index in [0.717, 1.165) is 5.56 Å². The molecule has 106 valence electrons. The Morgan fingerprint density at radius 3 is 2.25 bits per heavy atom. The molecule has 0 aliphatic heterocycles. The summed E-state index contributed by atoms with van der Waals surface area (Å²) in [5.41, 5.74) is 6.61. The van der Waals surface area contributed by atoms with Gasteiger partial charge in [-0.15, -0.1) is 0 Å². The maximum Gasteiger partial charge on any atom is 0.242 e. The highest BCUT2D eigenvalue weighted by Gasteiger charge is 2.17. The van der Waals surface area contributed by atoms with Crippen LogP contribution in [0.25, 0.3) is 0 Å². The highest BCUT2D eigenvalue weighted by atomic mass is 35.5. The van der Waals surface area contributed by atoms with Gasteiger partial charge in [-0.25, -0.2) is 13.1 Å². The fourth-order valence-electron chi connectivity index (χ4n) is 1.60. The minimum absolute atomic E-state index is 0.0287. The van der Waals surface area contributed by atoms with Gasteiger partial charge in [0, 0.05) is 16.6 Å². The Balaban J connectivity index is 2.19. The molecular formula is C13H12Cl2N2O2S. The lowest BCUT2D eigenvalue weighted by Crippen LogP contribution is -2.24. The second-order valence-corrected chi connectivity index (χ2v) is 6.74. The molecular weight excluding hydrogens is 319 g/mol. The van der Waals surface area contributed by atoms with Gasteiger partial charge in [0.25, 0.3) is 0 Å². The molecule has 0 bridgehead atoms. The number of nitrogens with one attached hydrogen (secondary N) is 1. The van der Waals surface area contributed by atoms with Gasteiger partial charge in [-0.05, 0) is 35.9 Å². The third-order valence-corrected chi connectivity index (χ3v) is 4.59. The Morgan fingerprint density at radius 1 is 1.00 bits per heavy atom. The Hall–Kier alpha value is -1.27. The fourth-order valence-corrected chi connectivity index (χ4v) is 3.13. The molecule has 0 aromatic heterocycles. The third kappa shape index (κ3) is 3.64. The monoisotopic (exact) mass is 330 g/mol. The average molecular weight is 331 g/mol. The molecule has 0 aliphatic carbocycles. The molecule has 4 nitrogen and oxygen atoms in total. The van der Waals surface area contributed by atoms with E-state index < -0.39 is 10.0 Å². The molecule has 2 rings (SSSR count). The van der Waals surface area contributed by atoms with E-state index in [2.05, 4.69) is 4.72 Å². The van der Waals surface area contributed by atoms with E-state index in [9.17, 15) is 8.42 Å². The minimum atomic E-state index is -3.71. The summed E-state index contributed by atoms with van der Waals surface area (Å²) >= 11 is 11.6. The van der Waals surface area contributed by atoms with E-state index >= 15 is 0 Å². The standard InChI is InChI=1S/C13H12Cl2N2O2S/c14-10-3-1-9(2-4-10)8-17-20(18,19)13-7-11(15)5-6-12(13)16/h1-7,17H,8,16H2. The number of nitrogens with two attached hydrogens (primary N) is 1. The van der Waals surface area contributed by atoms with Gasteiger partial charge in [0.15, 0.2) is 0 Å². The highest BCUT2D eigenvalue weighted by molar-refractivity contribution is 7.89. The van der Waals surface area contributed by atoms with E-state index in [1.165, 1.54) is 18.2 Å². The predicted molar refractivity (Wildman–Crippen MR) is 81.3 cm³/mol. The van der Waals surface area contributed by atoms with Gasteiger partial charge in [0.1, 0.15) is 4.90 Å². The number of anilines is 1. The quantitative estimate of drug-likeness (QED) is 0.846. The van der Waals surface area contributed by atoms with Crippen LogP contribution in [0.5, 0.6) is 0 Å². The number of sulfonamides is 1. The van der Waals surface area contributed by atoms with Crippen LogP contribution in [0.15, 0.2) is 47.4 Å². The zero-order valence-corrected chi connectivity index (χ0v) is 12.6. The van der Waals surface area contributed by atoms with Crippen LogP contribution in [0.3, 0.4) is 0 Å². The molecule has 0 fully saturated rings. The molecule has 2 aromatic rings. The second kappa shape index (κ2) is 6.01. The lowest BCUT2D eigenvalue weighted by Gasteiger charge is -2.09. The van der Waals surface area contributed by atoms with Crippen molar-refractivity contribution in [1.82, 2.24) is 4.72 Å². The smallest absolute Gasteiger partial charge is 0.242 e. The van der Waals surface area contributed by atoms with Crippen LogP contribution in [-0.2, 0) is 16.6 Å². The average Bonchev–Trinajstić information content (AvgIpc) is 2.41. The zero-order valence-electron chi connectivity index (χ0n) is 10.3. The Kier molecular flexibility index (Phi) is 4.55. The van der Waals surface area contributed by atoms with Crippen molar-refractivity contribution < 1.29 is 8.42 Å². The molecule has 2 aromatic carbocycles. The molecule has 0 radical (unpaired) electrons. The molecule has 0 heterocycles. The van der Waals surface area contributed by atoms with Crippen molar-refractivity contribution in [2.45, 2.75) is 11.4 Å². The summed E-state index contributed by atoms with van der Waals surface area (Å²) in [5.74, 6) is 0. The second-order valence-electron chi connectivity index (χ2n) is 4.13. The summed E-state index contributed by atoms with van der Waals surface area (Å²) in [5, 5.41) is 0.904. The Labute approximate surface area is 127 Å². The van der Waals surface area contributed by atoms with Gasteiger partial charge in [-0.1, -0.05) is 35.3 Å². The van der Waals surface area contributed by atoms with E-state index in [0.29, 0.717) is 10.0 Å². The van der Waals surface area contributed by atoms with E-state index in [-0.39, 0.29) is 17.1 Å². The summed E-state index contributed by atoms with van der Waals surface area (Å²) in [4.78, 5) is -0.0287. The summed E-state index contributed by atoms with van der Waals surface area (Å²) < 4.78 is 26.8. The lowest BCUT2D eigenvalue weighted by atomic mass is 10.2. The lowest BCUT2D eigenvalue weighted by molar-refractivity contribution is 0.582. The first-order valence-corrected chi connectivity index (χ1v) is 7.91. The van der Waals surface area contributed by atoms with Crippen molar-refractivity contribution in [1.29, 1.82) is 0 Å². The molecule has 0 saturated heterocycles. The molecule has 0 saturated carbocycles. The van der Waals surface area contributed by atoms with Gasteiger partial charge in [-0.3, -0.25) is 0 Å². The van der Waals surface area contributed by atoms with Crippen molar-refractivity contribution >= 4 is 38.9 Å². The maximum atomic E-state index is 12.2. The third-order valence-electron chi connectivity index (χ3n) is 2.64. The first-order valence-electron chi connectivity index (χ1n) is 5.67. The number of hydrogen-bond acceptors (Lipinski definition) is 3. The molecule has 0 atom stereocenters. The van der Waals surface area contributed by atoms with E-state index in [1.54, 1.807) is 24.3 Å². The van der Waals surface area contributed by atoms with E-state index in [4.69, 9.17) is 28.9 Å². The van der Waals surface area contributed by atoms with Crippen LogP contribution in [0.2, 0.25) is 10.0 Å². The molecule has 0 spiro atoms. The number of benzene rings is 2. The van der Waals surface area contributed by atoms with Crippen molar-refractivity contribution in [2.24, 2.45) is 0 Å².